The second kappa shape index (κ2) is 5.25. The summed E-state index contributed by atoms with van der Waals surface area (Å²) >= 11 is 0. The van der Waals surface area contributed by atoms with Crippen LogP contribution in [0.15, 0.2) is 12.4 Å². The van der Waals surface area contributed by atoms with Gasteiger partial charge >= 0.3 is 0 Å². The topological polar surface area (TPSA) is 58.0 Å². The van der Waals surface area contributed by atoms with Crippen LogP contribution in [-0.2, 0) is 5.41 Å². The van der Waals surface area contributed by atoms with Gasteiger partial charge in [-0.1, -0.05) is 20.8 Å². The van der Waals surface area contributed by atoms with Crippen LogP contribution < -0.4 is 5.32 Å². The van der Waals surface area contributed by atoms with Crippen molar-refractivity contribution in [2.45, 2.75) is 45.6 Å². The Morgan fingerprint density at radius 3 is 2.69 bits per heavy atom. The summed E-state index contributed by atoms with van der Waals surface area (Å²) in [6.07, 6.45) is 2.22. The number of hydrogen-bond donors (Lipinski definition) is 2. The Morgan fingerprint density at radius 1 is 1.44 bits per heavy atom. The molecule has 0 aliphatic heterocycles. The lowest BCUT2D eigenvalue weighted by molar-refractivity contribution is 0.208. The lowest BCUT2D eigenvalue weighted by Crippen LogP contribution is -2.20. The molecule has 4 heteroatoms. The molecule has 0 aromatic carbocycles. The Labute approximate surface area is 97.1 Å². The SMILES string of the molecule is CCC(C)(C)c1cc(NCC(C)O)ncn1. The van der Waals surface area contributed by atoms with E-state index in [1.165, 1.54) is 0 Å². The molecule has 1 aromatic rings. The third kappa shape index (κ3) is 3.45. The van der Waals surface area contributed by atoms with E-state index in [0.29, 0.717) is 6.54 Å². The predicted octanol–water partition coefficient (Wildman–Crippen LogP) is 1.96. The third-order valence-corrected chi connectivity index (χ3v) is 2.82. The third-order valence-electron chi connectivity index (χ3n) is 2.82. The molecule has 16 heavy (non-hydrogen) atoms. The molecule has 1 heterocycles. The molecule has 0 fully saturated rings. The van der Waals surface area contributed by atoms with Gasteiger partial charge in [-0.15, -0.1) is 0 Å². The molecule has 4 nitrogen and oxygen atoms in total. The molecule has 0 aliphatic rings. The van der Waals surface area contributed by atoms with Crippen LogP contribution in [0.4, 0.5) is 5.82 Å². The van der Waals surface area contributed by atoms with Gasteiger partial charge in [0.2, 0.25) is 0 Å². The van der Waals surface area contributed by atoms with E-state index in [1.807, 2.05) is 6.07 Å². The van der Waals surface area contributed by atoms with Crippen molar-refractivity contribution < 1.29 is 5.11 Å². The van der Waals surface area contributed by atoms with Crippen LogP contribution in [-0.4, -0.2) is 27.7 Å². The van der Waals surface area contributed by atoms with Crippen LogP contribution in [0.1, 0.15) is 39.8 Å². The first-order chi connectivity index (χ1) is 7.45. The highest BCUT2D eigenvalue weighted by Gasteiger charge is 2.20. The normalized spacial score (nSPS) is 13.6. The number of aromatic nitrogens is 2. The van der Waals surface area contributed by atoms with Gasteiger partial charge in [0.15, 0.2) is 0 Å². The summed E-state index contributed by atoms with van der Waals surface area (Å²) in [5.74, 6) is 0.771. The van der Waals surface area contributed by atoms with Crippen LogP contribution in [0.2, 0.25) is 0 Å². The highest BCUT2D eigenvalue weighted by atomic mass is 16.3. The Bertz CT molecular complexity index is 337. The quantitative estimate of drug-likeness (QED) is 0.801. The first-order valence-corrected chi connectivity index (χ1v) is 5.70. The molecule has 0 aliphatic carbocycles. The molecule has 0 saturated heterocycles. The summed E-state index contributed by atoms with van der Waals surface area (Å²) in [6.45, 7) is 8.71. The number of hydrogen-bond acceptors (Lipinski definition) is 4. The standard InChI is InChI=1S/C12H21N3O/c1-5-12(3,4)10-6-11(15-8-14-10)13-7-9(2)16/h6,8-9,16H,5,7H2,1-4H3,(H,13,14,15). The van der Waals surface area contributed by atoms with Crippen molar-refractivity contribution in [3.63, 3.8) is 0 Å². The zero-order valence-electron chi connectivity index (χ0n) is 10.5. The van der Waals surface area contributed by atoms with Crippen LogP contribution >= 0.6 is 0 Å². The number of aliphatic hydroxyl groups excluding tert-OH is 1. The molecule has 2 N–H and O–H groups in total. The fourth-order valence-electron chi connectivity index (χ4n) is 1.26. The van der Waals surface area contributed by atoms with Crippen molar-refractivity contribution in [2.24, 2.45) is 0 Å². The summed E-state index contributed by atoms with van der Waals surface area (Å²) in [5, 5.41) is 12.3. The van der Waals surface area contributed by atoms with Crippen molar-refractivity contribution in [1.82, 2.24) is 9.97 Å². The van der Waals surface area contributed by atoms with E-state index in [-0.39, 0.29) is 11.5 Å². The molecule has 0 radical (unpaired) electrons. The molecular formula is C12H21N3O. The average molecular weight is 223 g/mol. The molecule has 1 aromatic heterocycles. The van der Waals surface area contributed by atoms with Gasteiger partial charge in [-0.3, -0.25) is 0 Å². The lowest BCUT2D eigenvalue weighted by atomic mass is 9.86. The van der Waals surface area contributed by atoms with Gasteiger partial charge in [0, 0.05) is 18.0 Å². The molecule has 90 valence electrons. The van der Waals surface area contributed by atoms with E-state index in [4.69, 9.17) is 0 Å². The summed E-state index contributed by atoms with van der Waals surface area (Å²) in [6, 6.07) is 1.95. The fraction of sp³-hybridized carbons (Fsp3) is 0.667. The van der Waals surface area contributed by atoms with E-state index in [9.17, 15) is 5.11 Å². The van der Waals surface area contributed by atoms with Crippen molar-refractivity contribution >= 4 is 5.82 Å². The monoisotopic (exact) mass is 223 g/mol. The molecule has 0 spiro atoms. The molecule has 1 rings (SSSR count). The van der Waals surface area contributed by atoms with Gasteiger partial charge in [0.05, 0.1) is 11.8 Å². The summed E-state index contributed by atoms with van der Waals surface area (Å²) < 4.78 is 0. The maximum atomic E-state index is 9.18. The van der Waals surface area contributed by atoms with Crippen molar-refractivity contribution in [2.75, 3.05) is 11.9 Å². The summed E-state index contributed by atoms with van der Waals surface area (Å²) in [5.41, 5.74) is 1.09. The smallest absolute Gasteiger partial charge is 0.129 e. The number of aliphatic hydroxyl groups is 1. The van der Waals surface area contributed by atoms with Gasteiger partial charge in [-0.2, -0.15) is 0 Å². The minimum Gasteiger partial charge on any atom is -0.392 e. The van der Waals surface area contributed by atoms with Gasteiger partial charge in [-0.05, 0) is 13.3 Å². The summed E-state index contributed by atoms with van der Waals surface area (Å²) in [4.78, 5) is 8.42. The first kappa shape index (κ1) is 12.9. The summed E-state index contributed by atoms with van der Waals surface area (Å²) in [7, 11) is 0. The van der Waals surface area contributed by atoms with Crippen LogP contribution in [0.25, 0.3) is 0 Å². The Morgan fingerprint density at radius 2 is 2.12 bits per heavy atom. The highest BCUT2D eigenvalue weighted by Crippen LogP contribution is 2.25. The maximum Gasteiger partial charge on any atom is 0.129 e. The van der Waals surface area contributed by atoms with Crippen LogP contribution in [0.3, 0.4) is 0 Å². The van der Waals surface area contributed by atoms with Crippen LogP contribution in [0, 0.1) is 0 Å². The Hall–Kier alpha value is -1.16. The second-order valence-corrected chi connectivity index (χ2v) is 4.76. The minimum absolute atomic E-state index is 0.0597. The average Bonchev–Trinajstić information content (AvgIpc) is 2.27. The molecule has 0 saturated carbocycles. The van der Waals surface area contributed by atoms with Gasteiger partial charge < -0.3 is 10.4 Å². The van der Waals surface area contributed by atoms with Crippen molar-refractivity contribution in [3.05, 3.63) is 18.1 Å². The molecule has 1 atom stereocenters. The van der Waals surface area contributed by atoms with E-state index >= 15 is 0 Å². The number of rotatable bonds is 5. The number of nitrogens with zero attached hydrogens (tertiary/aromatic N) is 2. The zero-order chi connectivity index (χ0) is 12.2. The van der Waals surface area contributed by atoms with Crippen LogP contribution in [0.5, 0.6) is 0 Å². The fourth-order valence-corrected chi connectivity index (χ4v) is 1.26. The minimum atomic E-state index is -0.377. The molecule has 1 unspecified atom stereocenters. The first-order valence-electron chi connectivity index (χ1n) is 5.70. The predicted molar refractivity (Wildman–Crippen MR) is 65.5 cm³/mol. The molecule has 0 bridgehead atoms. The Balaban J connectivity index is 2.79. The second-order valence-electron chi connectivity index (χ2n) is 4.76. The maximum absolute atomic E-state index is 9.18. The van der Waals surface area contributed by atoms with Gasteiger partial charge in [0.1, 0.15) is 12.1 Å². The largest absolute Gasteiger partial charge is 0.392 e. The van der Waals surface area contributed by atoms with E-state index in [1.54, 1.807) is 13.3 Å². The van der Waals surface area contributed by atoms with Crippen molar-refractivity contribution in [1.29, 1.82) is 0 Å². The van der Waals surface area contributed by atoms with Crippen molar-refractivity contribution in [3.8, 4) is 0 Å². The highest BCUT2D eigenvalue weighted by molar-refractivity contribution is 5.36. The van der Waals surface area contributed by atoms with E-state index in [0.717, 1.165) is 17.9 Å². The van der Waals surface area contributed by atoms with E-state index < -0.39 is 0 Å². The number of anilines is 1. The number of nitrogens with one attached hydrogen (secondary N) is 1. The van der Waals surface area contributed by atoms with Gasteiger partial charge in [0.25, 0.3) is 0 Å². The Kier molecular flexibility index (Phi) is 4.24. The van der Waals surface area contributed by atoms with Gasteiger partial charge in [-0.25, -0.2) is 9.97 Å². The molecule has 0 amide bonds. The zero-order valence-corrected chi connectivity index (χ0v) is 10.5. The van der Waals surface area contributed by atoms with E-state index in [2.05, 4.69) is 36.1 Å². The molecular weight excluding hydrogens is 202 g/mol. The lowest BCUT2D eigenvalue weighted by Gasteiger charge is -2.22.